The first-order chi connectivity index (χ1) is 9.40. The zero-order chi connectivity index (χ0) is 14.8. The van der Waals surface area contributed by atoms with Crippen LogP contribution in [0.25, 0.3) is 0 Å². The molecule has 1 saturated heterocycles. The SMILES string of the molecule is Cc1cc(F)cc(NS(=O)(=O)N2CCCC(CO)C2)c1. The molecule has 1 heterocycles. The maximum Gasteiger partial charge on any atom is 0.301 e. The highest BCUT2D eigenvalue weighted by Crippen LogP contribution is 2.21. The Balaban J connectivity index is 2.14. The number of halogens is 1. The van der Waals surface area contributed by atoms with Crippen LogP contribution < -0.4 is 4.72 Å². The van der Waals surface area contributed by atoms with Gasteiger partial charge in [-0.1, -0.05) is 0 Å². The average molecular weight is 302 g/mol. The summed E-state index contributed by atoms with van der Waals surface area (Å²) >= 11 is 0. The molecule has 1 atom stereocenters. The zero-order valence-corrected chi connectivity index (χ0v) is 12.2. The minimum absolute atomic E-state index is 0.0227. The molecule has 0 spiro atoms. The summed E-state index contributed by atoms with van der Waals surface area (Å²) in [5, 5.41) is 9.15. The van der Waals surface area contributed by atoms with Gasteiger partial charge in [0.15, 0.2) is 0 Å². The lowest BCUT2D eigenvalue weighted by atomic mass is 10.0. The van der Waals surface area contributed by atoms with E-state index in [-0.39, 0.29) is 18.2 Å². The van der Waals surface area contributed by atoms with Crippen molar-refractivity contribution in [3.05, 3.63) is 29.6 Å². The van der Waals surface area contributed by atoms with Crippen molar-refractivity contribution in [1.82, 2.24) is 4.31 Å². The third-order valence-electron chi connectivity index (χ3n) is 3.37. The van der Waals surface area contributed by atoms with Crippen LogP contribution in [-0.2, 0) is 10.2 Å². The molecule has 1 unspecified atom stereocenters. The van der Waals surface area contributed by atoms with E-state index in [2.05, 4.69) is 4.72 Å². The van der Waals surface area contributed by atoms with Crippen molar-refractivity contribution in [3.63, 3.8) is 0 Å². The second-order valence-electron chi connectivity index (χ2n) is 5.17. The number of aliphatic hydroxyl groups is 1. The van der Waals surface area contributed by atoms with Gasteiger partial charge in [0.2, 0.25) is 0 Å². The molecular formula is C13H19FN2O3S. The first kappa shape index (κ1) is 15.2. The molecule has 2 rings (SSSR count). The van der Waals surface area contributed by atoms with E-state index < -0.39 is 16.0 Å². The molecule has 0 aromatic heterocycles. The van der Waals surface area contributed by atoms with E-state index in [1.807, 2.05) is 0 Å². The van der Waals surface area contributed by atoms with Crippen molar-refractivity contribution in [2.24, 2.45) is 5.92 Å². The Morgan fingerprint density at radius 3 is 2.85 bits per heavy atom. The van der Waals surface area contributed by atoms with E-state index >= 15 is 0 Å². The smallest absolute Gasteiger partial charge is 0.301 e. The third kappa shape index (κ3) is 3.68. The highest BCUT2D eigenvalue weighted by Gasteiger charge is 2.28. The minimum Gasteiger partial charge on any atom is -0.396 e. The van der Waals surface area contributed by atoms with E-state index in [1.165, 1.54) is 10.4 Å². The summed E-state index contributed by atoms with van der Waals surface area (Å²) in [7, 11) is -3.71. The first-order valence-electron chi connectivity index (χ1n) is 6.56. The molecule has 20 heavy (non-hydrogen) atoms. The predicted molar refractivity (Wildman–Crippen MR) is 75.1 cm³/mol. The number of aliphatic hydroxyl groups excluding tert-OH is 1. The quantitative estimate of drug-likeness (QED) is 0.885. The van der Waals surface area contributed by atoms with Gasteiger partial charge >= 0.3 is 10.2 Å². The fourth-order valence-electron chi connectivity index (χ4n) is 2.40. The van der Waals surface area contributed by atoms with Crippen LogP contribution in [0.15, 0.2) is 18.2 Å². The van der Waals surface area contributed by atoms with E-state index in [0.29, 0.717) is 25.1 Å². The zero-order valence-electron chi connectivity index (χ0n) is 11.3. The normalized spacial score (nSPS) is 20.9. The van der Waals surface area contributed by atoms with Crippen LogP contribution in [0.4, 0.5) is 10.1 Å². The number of benzene rings is 1. The Morgan fingerprint density at radius 2 is 2.20 bits per heavy atom. The van der Waals surface area contributed by atoms with Crippen molar-refractivity contribution in [3.8, 4) is 0 Å². The first-order valence-corrected chi connectivity index (χ1v) is 8.00. The number of rotatable bonds is 4. The lowest BCUT2D eigenvalue weighted by Gasteiger charge is -2.31. The molecular weight excluding hydrogens is 283 g/mol. The van der Waals surface area contributed by atoms with Gasteiger partial charge in [-0.25, -0.2) is 4.39 Å². The predicted octanol–water partition coefficient (Wildman–Crippen LogP) is 1.50. The Bertz CT molecular complexity index is 557. The van der Waals surface area contributed by atoms with Gasteiger partial charge in [-0.3, -0.25) is 4.72 Å². The van der Waals surface area contributed by atoms with Crippen molar-refractivity contribution in [2.75, 3.05) is 24.4 Å². The van der Waals surface area contributed by atoms with Gasteiger partial charge in [0.05, 0.1) is 5.69 Å². The standard InChI is InChI=1S/C13H19FN2O3S/c1-10-5-12(14)7-13(6-10)15-20(18,19)16-4-2-3-11(8-16)9-17/h5-7,11,15,17H,2-4,8-9H2,1H3. The number of nitrogens with one attached hydrogen (secondary N) is 1. The number of aryl methyl sites for hydroxylation is 1. The summed E-state index contributed by atoms with van der Waals surface area (Å²) < 4.78 is 41.5. The lowest BCUT2D eigenvalue weighted by molar-refractivity contribution is 0.166. The fraction of sp³-hybridized carbons (Fsp3) is 0.538. The van der Waals surface area contributed by atoms with E-state index in [0.717, 1.165) is 12.5 Å². The van der Waals surface area contributed by atoms with Gasteiger partial charge in [0.1, 0.15) is 5.82 Å². The van der Waals surface area contributed by atoms with Gasteiger partial charge in [0, 0.05) is 19.7 Å². The largest absolute Gasteiger partial charge is 0.396 e. The number of hydrogen-bond acceptors (Lipinski definition) is 3. The monoisotopic (exact) mass is 302 g/mol. The number of hydrogen-bond donors (Lipinski definition) is 2. The molecule has 5 nitrogen and oxygen atoms in total. The van der Waals surface area contributed by atoms with Crippen molar-refractivity contribution >= 4 is 15.9 Å². The van der Waals surface area contributed by atoms with Crippen molar-refractivity contribution in [1.29, 1.82) is 0 Å². The lowest BCUT2D eigenvalue weighted by Crippen LogP contribution is -2.43. The van der Waals surface area contributed by atoms with Gasteiger partial charge in [-0.2, -0.15) is 12.7 Å². The molecule has 0 aliphatic carbocycles. The van der Waals surface area contributed by atoms with Crippen molar-refractivity contribution < 1.29 is 17.9 Å². The summed E-state index contributed by atoms with van der Waals surface area (Å²) in [4.78, 5) is 0. The van der Waals surface area contributed by atoms with Crippen LogP contribution in [0.2, 0.25) is 0 Å². The van der Waals surface area contributed by atoms with Gasteiger partial charge < -0.3 is 5.11 Å². The number of nitrogens with zero attached hydrogens (tertiary/aromatic N) is 1. The molecule has 1 aliphatic rings. The highest BCUT2D eigenvalue weighted by atomic mass is 32.2. The second kappa shape index (κ2) is 6.07. The molecule has 112 valence electrons. The number of anilines is 1. The van der Waals surface area contributed by atoms with E-state index in [1.54, 1.807) is 13.0 Å². The third-order valence-corrected chi connectivity index (χ3v) is 4.87. The Kier molecular flexibility index (Phi) is 4.62. The summed E-state index contributed by atoms with van der Waals surface area (Å²) in [6.45, 7) is 2.38. The summed E-state index contributed by atoms with van der Waals surface area (Å²) in [5.41, 5.74) is 0.864. The van der Waals surface area contributed by atoms with Gasteiger partial charge in [-0.05, 0) is 49.4 Å². The molecule has 0 amide bonds. The Labute approximate surface area is 118 Å². The minimum atomic E-state index is -3.71. The van der Waals surface area contributed by atoms with Crippen LogP contribution in [0.5, 0.6) is 0 Å². The number of piperidine rings is 1. The molecule has 0 bridgehead atoms. The molecule has 1 aromatic rings. The molecule has 7 heteroatoms. The topological polar surface area (TPSA) is 69.6 Å². The molecule has 1 aliphatic heterocycles. The summed E-state index contributed by atoms with van der Waals surface area (Å²) in [6.07, 6.45) is 1.54. The maximum atomic E-state index is 13.3. The summed E-state index contributed by atoms with van der Waals surface area (Å²) in [5.74, 6) is -0.510. The van der Waals surface area contributed by atoms with Crippen LogP contribution in [0, 0.1) is 18.7 Å². The van der Waals surface area contributed by atoms with Crippen LogP contribution in [-0.4, -0.2) is 37.5 Å². The van der Waals surface area contributed by atoms with Gasteiger partial charge in [0.25, 0.3) is 0 Å². The van der Waals surface area contributed by atoms with Crippen LogP contribution >= 0.6 is 0 Å². The van der Waals surface area contributed by atoms with E-state index in [4.69, 9.17) is 5.11 Å². The fourth-order valence-corrected chi connectivity index (χ4v) is 3.72. The molecule has 1 fully saturated rings. The summed E-state index contributed by atoms with van der Waals surface area (Å²) in [6, 6.07) is 4.06. The highest BCUT2D eigenvalue weighted by molar-refractivity contribution is 7.90. The van der Waals surface area contributed by atoms with Crippen LogP contribution in [0.1, 0.15) is 18.4 Å². The van der Waals surface area contributed by atoms with Crippen molar-refractivity contribution in [2.45, 2.75) is 19.8 Å². The molecule has 0 saturated carbocycles. The molecule has 1 aromatic carbocycles. The van der Waals surface area contributed by atoms with Gasteiger partial charge in [-0.15, -0.1) is 0 Å². The second-order valence-corrected chi connectivity index (χ2v) is 6.84. The Morgan fingerprint density at radius 1 is 1.45 bits per heavy atom. The van der Waals surface area contributed by atoms with E-state index in [9.17, 15) is 12.8 Å². The molecule has 2 N–H and O–H groups in total. The maximum absolute atomic E-state index is 13.3. The van der Waals surface area contributed by atoms with Crippen LogP contribution in [0.3, 0.4) is 0 Å². The average Bonchev–Trinajstić information content (AvgIpc) is 2.37. The Hall–Kier alpha value is -1.18. The molecule has 0 radical (unpaired) electrons.